The van der Waals surface area contributed by atoms with Crippen LogP contribution in [0.2, 0.25) is 0 Å². The van der Waals surface area contributed by atoms with E-state index in [4.69, 9.17) is 5.73 Å². The Labute approximate surface area is 117 Å². The predicted octanol–water partition coefficient (Wildman–Crippen LogP) is 3.73. The standard InChI is InChI=1S/C17H15FN2/c1-11-4-5-14(10-15(11)18)17(19)13-6-7-16-12(9-13)3-2-8-20-16/h2-10,17H,19H2,1H3. The number of rotatable bonds is 2. The van der Waals surface area contributed by atoms with E-state index < -0.39 is 0 Å². The molecule has 1 atom stereocenters. The number of pyridine rings is 1. The number of aromatic nitrogens is 1. The second kappa shape index (κ2) is 5.02. The normalized spacial score (nSPS) is 12.6. The van der Waals surface area contributed by atoms with Gasteiger partial charge in [0.15, 0.2) is 0 Å². The van der Waals surface area contributed by atoms with Crippen molar-refractivity contribution in [1.82, 2.24) is 4.98 Å². The molecule has 20 heavy (non-hydrogen) atoms. The SMILES string of the molecule is Cc1ccc(C(N)c2ccc3ncccc3c2)cc1F. The van der Waals surface area contributed by atoms with Crippen LogP contribution < -0.4 is 5.73 Å². The van der Waals surface area contributed by atoms with Gasteiger partial charge in [0.25, 0.3) is 0 Å². The summed E-state index contributed by atoms with van der Waals surface area (Å²) in [5.74, 6) is -0.222. The van der Waals surface area contributed by atoms with Crippen LogP contribution in [0.3, 0.4) is 0 Å². The topological polar surface area (TPSA) is 38.9 Å². The fourth-order valence-corrected chi connectivity index (χ4v) is 2.28. The monoisotopic (exact) mass is 266 g/mol. The molecule has 2 N–H and O–H groups in total. The van der Waals surface area contributed by atoms with Crippen molar-refractivity contribution >= 4 is 10.9 Å². The van der Waals surface area contributed by atoms with E-state index in [0.29, 0.717) is 5.56 Å². The Morgan fingerprint density at radius 3 is 2.60 bits per heavy atom. The molecule has 0 fully saturated rings. The van der Waals surface area contributed by atoms with E-state index in [2.05, 4.69) is 4.98 Å². The maximum Gasteiger partial charge on any atom is 0.126 e. The minimum Gasteiger partial charge on any atom is -0.320 e. The molecular formula is C17H15FN2. The summed E-state index contributed by atoms with van der Waals surface area (Å²) in [5.41, 5.74) is 9.52. The first-order valence-corrected chi connectivity index (χ1v) is 6.51. The first-order valence-electron chi connectivity index (χ1n) is 6.51. The second-order valence-corrected chi connectivity index (χ2v) is 4.94. The summed E-state index contributed by atoms with van der Waals surface area (Å²) in [6.45, 7) is 1.74. The van der Waals surface area contributed by atoms with Crippen molar-refractivity contribution < 1.29 is 4.39 Å². The quantitative estimate of drug-likeness (QED) is 0.767. The number of aryl methyl sites for hydroxylation is 1. The summed E-state index contributed by atoms with van der Waals surface area (Å²) in [4.78, 5) is 4.28. The molecule has 0 saturated heterocycles. The molecule has 3 aromatic rings. The highest BCUT2D eigenvalue weighted by Crippen LogP contribution is 2.24. The summed E-state index contributed by atoms with van der Waals surface area (Å²) < 4.78 is 13.6. The molecule has 3 rings (SSSR count). The molecule has 0 aliphatic heterocycles. The molecule has 0 spiro atoms. The molecule has 0 aliphatic rings. The first-order chi connectivity index (χ1) is 9.65. The highest BCUT2D eigenvalue weighted by molar-refractivity contribution is 5.79. The van der Waals surface area contributed by atoms with Crippen LogP contribution in [-0.2, 0) is 0 Å². The predicted molar refractivity (Wildman–Crippen MR) is 78.9 cm³/mol. The van der Waals surface area contributed by atoms with Gasteiger partial charge in [-0.25, -0.2) is 4.39 Å². The van der Waals surface area contributed by atoms with E-state index in [1.165, 1.54) is 6.07 Å². The molecule has 1 aromatic heterocycles. The number of hydrogen-bond donors (Lipinski definition) is 1. The molecule has 0 aliphatic carbocycles. The van der Waals surface area contributed by atoms with Gasteiger partial charge >= 0.3 is 0 Å². The van der Waals surface area contributed by atoms with E-state index in [1.54, 1.807) is 19.2 Å². The fraction of sp³-hybridized carbons (Fsp3) is 0.118. The summed E-state index contributed by atoms with van der Waals surface area (Å²) in [6.07, 6.45) is 1.76. The van der Waals surface area contributed by atoms with E-state index in [1.807, 2.05) is 36.4 Å². The van der Waals surface area contributed by atoms with Crippen molar-refractivity contribution in [2.45, 2.75) is 13.0 Å². The lowest BCUT2D eigenvalue weighted by Crippen LogP contribution is -2.12. The van der Waals surface area contributed by atoms with Crippen LogP contribution in [0.15, 0.2) is 54.7 Å². The van der Waals surface area contributed by atoms with Gasteiger partial charge in [0.2, 0.25) is 0 Å². The average molecular weight is 266 g/mol. The molecular weight excluding hydrogens is 251 g/mol. The Hall–Kier alpha value is -2.26. The van der Waals surface area contributed by atoms with Gasteiger partial charge in [-0.3, -0.25) is 4.98 Å². The Kier molecular flexibility index (Phi) is 3.20. The smallest absolute Gasteiger partial charge is 0.126 e. The highest BCUT2D eigenvalue weighted by Gasteiger charge is 2.11. The van der Waals surface area contributed by atoms with Crippen molar-refractivity contribution in [3.05, 3.63) is 77.2 Å². The average Bonchev–Trinajstić information content (AvgIpc) is 2.49. The zero-order valence-corrected chi connectivity index (χ0v) is 11.2. The second-order valence-electron chi connectivity index (χ2n) is 4.94. The third-order valence-electron chi connectivity index (χ3n) is 3.54. The molecule has 0 amide bonds. The van der Waals surface area contributed by atoms with Gasteiger partial charge in [-0.15, -0.1) is 0 Å². The maximum atomic E-state index is 13.6. The molecule has 0 radical (unpaired) electrons. The van der Waals surface area contributed by atoms with Gasteiger partial charge < -0.3 is 5.73 Å². The Morgan fingerprint density at radius 2 is 1.80 bits per heavy atom. The van der Waals surface area contributed by atoms with Gasteiger partial charge in [-0.1, -0.05) is 24.3 Å². The Bertz CT molecular complexity index is 768. The lowest BCUT2D eigenvalue weighted by atomic mass is 9.97. The van der Waals surface area contributed by atoms with Crippen LogP contribution in [0, 0.1) is 12.7 Å². The van der Waals surface area contributed by atoms with Crippen molar-refractivity contribution in [2.24, 2.45) is 5.73 Å². The van der Waals surface area contributed by atoms with Crippen LogP contribution in [0.25, 0.3) is 10.9 Å². The van der Waals surface area contributed by atoms with E-state index >= 15 is 0 Å². The van der Waals surface area contributed by atoms with Crippen LogP contribution in [-0.4, -0.2) is 4.98 Å². The molecule has 1 unspecified atom stereocenters. The summed E-state index contributed by atoms with van der Waals surface area (Å²) >= 11 is 0. The third-order valence-corrected chi connectivity index (χ3v) is 3.54. The summed E-state index contributed by atoms with van der Waals surface area (Å²) in [6, 6.07) is 14.6. The molecule has 0 saturated carbocycles. The number of nitrogens with two attached hydrogens (primary N) is 1. The van der Waals surface area contributed by atoms with Crippen molar-refractivity contribution in [3.8, 4) is 0 Å². The Balaban J connectivity index is 2.02. The lowest BCUT2D eigenvalue weighted by Gasteiger charge is -2.14. The zero-order chi connectivity index (χ0) is 14.1. The van der Waals surface area contributed by atoms with Gasteiger partial charge in [0.1, 0.15) is 5.82 Å². The number of hydrogen-bond acceptors (Lipinski definition) is 2. The fourth-order valence-electron chi connectivity index (χ4n) is 2.28. The third kappa shape index (κ3) is 2.28. The summed E-state index contributed by atoms with van der Waals surface area (Å²) in [7, 11) is 0. The maximum absolute atomic E-state index is 13.6. The van der Waals surface area contributed by atoms with E-state index in [-0.39, 0.29) is 11.9 Å². The first kappa shape index (κ1) is 12.8. The number of fused-ring (bicyclic) bond motifs is 1. The zero-order valence-electron chi connectivity index (χ0n) is 11.2. The van der Waals surface area contributed by atoms with Crippen molar-refractivity contribution in [1.29, 1.82) is 0 Å². The van der Waals surface area contributed by atoms with Crippen LogP contribution in [0.1, 0.15) is 22.7 Å². The highest BCUT2D eigenvalue weighted by atomic mass is 19.1. The Morgan fingerprint density at radius 1 is 1.05 bits per heavy atom. The van der Waals surface area contributed by atoms with Gasteiger partial charge in [-0.05, 0) is 47.9 Å². The van der Waals surface area contributed by atoms with Crippen LogP contribution >= 0.6 is 0 Å². The van der Waals surface area contributed by atoms with Crippen LogP contribution in [0.4, 0.5) is 4.39 Å². The van der Waals surface area contributed by atoms with E-state index in [0.717, 1.165) is 22.0 Å². The number of halogens is 1. The number of nitrogens with zero attached hydrogens (tertiary/aromatic N) is 1. The van der Waals surface area contributed by atoms with Gasteiger partial charge in [-0.2, -0.15) is 0 Å². The molecule has 2 aromatic carbocycles. The molecule has 0 bridgehead atoms. The van der Waals surface area contributed by atoms with Crippen molar-refractivity contribution in [2.75, 3.05) is 0 Å². The van der Waals surface area contributed by atoms with E-state index in [9.17, 15) is 4.39 Å². The molecule has 1 heterocycles. The number of benzene rings is 2. The lowest BCUT2D eigenvalue weighted by molar-refractivity contribution is 0.614. The van der Waals surface area contributed by atoms with Crippen molar-refractivity contribution in [3.63, 3.8) is 0 Å². The van der Waals surface area contributed by atoms with Crippen LogP contribution in [0.5, 0.6) is 0 Å². The summed E-state index contributed by atoms with van der Waals surface area (Å²) in [5, 5.41) is 1.04. The minimum atomic E-state index is -0.338. The van der Waals surface area contributed by atoms with Gasteiger partial charge in [0.05, 0.1) is 11.6 Å². The molecule has 2 nitrogen and oxygen atoms in total. The molecule has 100 valence electrons. The molecule has 3 heteroatoms. The largest absolute Gasteiger partial charge is 0.320 e. The van der Waals surface area contributed by atoms with Gasteiger partial charge in [0, 0.05) is 11.6 Å². The minimum absolute atomic E-state index is 0.222.